The number of Topliss-reactive ketones (excluding diaryl/α,β-unsaturated/α-hetero) is 1. The van der Waals surface area contributed by atoms with Gasteiger partial charge >= 0.3 is 0 Å². The van der Waals surface area contributed by atoms with Crippen LogP contribution in [0.3, 0.4) is 0 Å². The predicted molar refractivity (Wildman–Crippen MR) is 82.4 cm³/mol. The fraction of sp³-hybridized carbons (Fsp3) is 0.294. The second-order valence-corrected chi connectivity index (χ2v) is 5.06. The van der Waals surface area contributed by atoms with Crippen LogP contribution in [0.2, 0.25) is 0 Å². The molecule has 22 heavy (non-hydrogen) atoms. The third-order valence-corrected chi connectivity index (χ3v) is 3.54. The molecule has 0 atom stereocenters. The van der Waals surface area contributed by atoms with E-state index in [0.717, 1.165) is 18.9 Å². The van der Waals surface area contributed by atoms with Gasteiger partial charge in [-0.15, -0.1) is 12.3 Å². The molecule has 1 aliphatic carbocycles. The summed E-state index contributed by atoms with van der Waals surface area (Å²) in [6, 6.07) is 2.43. The summed E-state index contributed by atoms with van der Waals surface area (Å²) < 4.78 is 0. The Labute approximate surface area is 128 Å². The number of terminal acetylenes is 1. The first-order chi connectivity index (χ1) is 10.5. The molecular formula is C17H17NO4. The maximum atomic E-state index is 12.4. The fourth-order valence-electron chi connectivity index (χ4n) is 2.41. The molecule has 0 unspecified atom stereocenters. The van der Waals surface area contributed by atoms with Crippen molar-refractivity contribution in [2.75, 3.05) is 6.54 Å². The van der Waals surface area contributed by atoms with Crippen LogP contribution in [-0.4, -0.2) is 28.4 Å². The summed E-state index contributed by atoms with van der Waals surface area (Å²) in [5.41, 5.74) is 0.987. The van der Waals surface area contributed by atoms with Gasteiger partial charge in [0.2, 0.25) is 0 Å². The van der Waals surface area contributed by atoms with Gasteiger partial charge < -0.3 is 15.5 Å². The summed E-state index contributed by atoms with van der Waals surface area (Å²) >= 11 is 0. The summed E-state index contributed by atoms with van der Waals surface area (Å²) in [5.74, 6) is 0.712. The van der Waals surface area contributed by atoms with E-state index in [-0.39, 0.29) is 23.3 Å². The van der Waals surface area contributed by atoms with Crippen molar-refractivity contribution in [2.24, 2.45) is 0 Å². The largest absolute Gasteiger partial charge is 0.504 e. The molecule has 1 aromatic rings. The molecular weight excluding hydrogens is 282 g/mol. The van der Waals surface area contributed by atoms with Gasteiger partial charge in [-0.25, -0.2) is 0 Å². The molecule has 0 heterocycles. The lowest BCUT2D eigenvalue weighted by Gasteiger charge is -2.06. The Bertz CT molecular complexity index is 710. The number of ketones is 1. The molecule has 1 amide bonds. The van der Waals surface area contributed by atoms with E-state index in [1.54, 1.807) is 0 Å². The zero-order valence-electron chi connectivity index (χ0n) is 12.3. The molecule has 0 spiro atoms. The number of rotatable bonds is 5. The van der Waals surface area contributed by atoms with Crippen molar-refractivity contribution in [3.05, 3.63) is 28.8 Å². The number of fused-ring (bicyclic) bond motifs is 1. The van der Waals surface area contributed by atoms with Gasteiger partial charge in [-0.05, 0) is 29.7 Å². The Hall–Kier alpha value is -2.74. The number of hydrogen-bond donors (Lipinski definition) is 3. The number of amides is 1. The Morgan fingerprint density at radius 3 is 2.50 bits per heavy atom. The lowest BCUT2D eigenvalue weighted by atomic mass is 10.0. The Morgan fingerprint density at radius 2 is 1.91 bits per heavy atom. The van der Waals surface area contributed by atoms with Crippen LogP contribution >= 0.6 is 0 Å². The second kappa shape index (κ2) is 6.35. The number of carbonyl (C=O) groups excluding carboxylic acids is 2. The summed E-state index contributed by atoms with van der Waals surface area (Å²) in [6.07, 6.45) is 7.16. The van der Waals surface area contributed by atoms with Gasteiger partial charge in [-0.3, -0.25) is 9.59 Å². The first kappa shape index (κ1) is 15.6. The average Bonchev–Trinajstić information content (AvgIpc) is 2.73. The highest BCUT2D eigenvalue weighted by Gasteiger charge is 2.34. The number of unbranched alkanes of at least 4 members (excludes halogenated alkanes) is 1. The smallest absolute Gasteiger partial charge is 0.255 e. The molecule has 0 fully saturated rings. The lowest BCUT2D eigenvalue weighted by molar-refractivity contribution is -0.117. The number of allylic oxidation sites excluding steroid dienone is 1. The van der Waals surface area contributed by atoms with Gasteiger partial charge in [-0.2, -0.15) is 0 Å². The molecule has 2 rings (SSSR count). The SMILES string of the molecule is C#CCC1=C(C(=O)NCCCC)C(=O)c2cc(O)c(O)cc21. The van der Waals surface area contributed by atoms with Crippen molar-refractivity contribution in [1.82, 2.24) is 5.32 Å². The second-order valence-electron chi connectivity index (χ2n) is 5.06. The highest BCUT2D eigenvalue weighted by molar-refractivity contribution is 6.34. The van der Waals surface area contributed by atoms with Gasteiger partial charge in [0.25, 0.3) is 5.91 Å². The van der Waals surface area contributed by atoms with Crippen molar-refractivity contribution in [2.45, 2.75) is 26.2 Å². The van der Waals surface area contributed by atoms with Gasteiger partial charge in [0, 0.05) is 18.5 Å². The van der Waals surface area contributed by atoms with E-state index < -0.39 is 17.4 Å². The van der Waals surface area contributed by atoms with Gasteiger partial charge in [0.05, 0.1) is 5.57 Å². The van der Waals surface area contributed by atoms with E-state index in [0.29, 0.717) is 17.7 Å². The van der Waals surface area contributed by atoms with Crippen molar-refractivity contribution < 1.29 is 19.8 Å². The van der Waals surface area contributed by atoms with Gasteiger partial charge in [0.15, 0.2) is 17.3 Å². The van der Waals surface area contributed by atoms with E-state index in [9.17, 15) is 19.8 Å². The number of benzene rings is 1. The molecule has 5 heteroatoms. The van der Waals surface area contributed by atoms with Gasteiger partial charge in [0.1, 0.15) is 0 Å². The Balaban J connectivity index is 2.44. The lowest BCUT2D eigenvalue weighted by Crippen LogP contribution is -2.28. The number of phenolic OH excluding ortho intramolecular Hbond substituents is 2. The minimum absolute atomic E-state index is 0.00551. The molecule has 0 radical (unpaired) electrons. The van der Waals surface area contributed by atoms with E-state index >= 15 is 0 Å². The molecule has 5 nitrogen and oxygen atoms in total. The predicted octanol–water partition coefficient (Wildman–Crippen LogP) is 1.99. The summed E-state index contributed by atoms with van der Waals surface area (Å²) in [4.78, 5) is 24.7. The third kappa shape index (κ3) is 2.68. The van der Waals surface area contributed by atoms with Crippen LogP contribution in [0.25, 0.3) is 5.57 Å². The molecule has 0 saturated carbocycles. The zero-order valence-corrected chi connectivity index (χ0v) is 12.3. The molecule has 0 bridgehead atoms. The number of hydrogen-bond acceptors (Lipinski definition) is 4. The van der Waals surface area contributed by atoms with Gasteiger partial charge in [-0.1, -0.05) is 13.3 Å². The fourth-order valence-corrected chi connectivity index (χ4v) is 2.41. The van der Waals surface area contributed by atoms with Crippen LogP contribution in [0.5, 0.6) is 11.5 Å². The van der Waals surface area contributed by atoms with Crippen molar-refractivity contribution in [1.29, 1.82) is 0 Å². The minimum atomic E-state index is -0.482. The number of carbonyl (C=O) groups is 2. The summed E-state index contributed by atoms with van der Waals surface area (Å²) in [6.45, 7) is 2.47. The van der Waals surface area contributed by atoms with E-state index in [2.05, 4.69) is 11.2 Å². The topological polar surface area (TPSA) is 86.6 Å². The first-order valence-electron chi connectivity index (χ1n) is 7.07. The van der Waals surface area contributed by atoms with Crippen molar-refractivity contribution >= 4 is 17.3 Å². The highest BCUT2D eigenvalue weighted by Crippen LogP contribution is 2.40. The van der Waals surface area contributed by atoms with Crippen LogP contribution < -0.4 is 5.32 Å². The summed E-state index contributed by atoms with van der Waals surface area (Å²) in [5, 5.41) is 21.9. The molecule has 114 valence electrons. The molecule has 0 saturated heterocycles. The quantitative estimate of drug-likeness (QED) is 0.336. The minimum Gasteiger partial charge on any atom is -0.504 e. The number of phenols is 2. The van der Waals surface area contributed by atoms with Crippen LogP contribution in [0, 0.1) is 12.3 Å². The maximum absolute atomic E-state index is 12.4. The molecule has 1 aromatic carbocycles. The molecule has 1 aliphatic rings. The molecule has 0 aliphatic heterocycles. The zero-order chi connectivity index (χ0) is 16.3. The Morgan fingerprint density at radius 1 is 1.27 bits per heavy atom. The van der Waals surface area contributed by atoms with Crippen LogP contribution in [0.15, 0.2) is 17.7 Å². The average molecular weight is 299 g/mol. The highest BCUT2D eigenvalue weighted by atomic mass is 16.3. The van der Waals surface area contributed by atoms with Crippen LogP contribution in [0.1, 0.15) is 42.1 Å². The number of nitrogens with one attached hydrogen (secondary N) is 1. The summed E-state index contributed by atoms with van der Waals surface area (Å²) in [7, 11) is 0. The monoisotopic (exact) mass is 299 g/mol. The molecule has 3 N–H and O–H groups in total. The normalized spacial score (nSPS) is 13.0. The maximum Gasteiger partial charge on any atom is 0.255 e. The van der Waals surface area contributed by atoms with E-state index in [1.807, 2.05) is 6.92 Å². The third-order valence-electron chi connectivity index (χ3n) is 3.54. The van der Waals surface area contributed by atoms with Crippen LogP contribution in [0.4, 0.5) is 0 Å². The van der Waals surface area contributed by atoms with Crippen molar-refractivity contribution in [3.8, 4) is 23.8 Å². The Kier molecular flexibility index (Phi) is 4.52. The van der Waals surface area contributed by atoms with Crippen molar-refractivity contribution in [3.63, 3.8) is 0 Å². The van der Waals surface area contributed by atoms with Crippen LogP contribution in [-0.2, 0) is 4.79 Å². The molecule has 0 aromatic heterocycles. The first-order valence-corrected chi connectivity index (χ1v) is 7.07. The number of aromatic hydroxyl groups is 2. The van der Waals surface area contributed by atoms with E-state index in [1.165, 1.54) is 6.07 Å². The standard InChI is InChI=1S/C17H17NO4/c1-3-5-7-18-17(22)15-10(6-4-2)11-8-13(19)14(20)9-12(11)16(15)21/h2,8-9,19-20H,3,5-7H2,1H3,(H,18,22). The van der Waals surface area contributed by atoms with E-state index in [4.69, 9.17) is 6.42 Å².